The van der Waals surface area contributed by atoms with Crippen molar-refractivity contribution in [2.75, 3.05) is 33.2 Å². The van der Waals surface area contributed by atoms with Crippen molar-refractivity contribution in [2.24, 2.45) is 17.4 Å². The zero-order chi connectivity index (χ0) is 33.1. The molecule has 7 N–H and O–H groups in total. The SMILES string of the molecule is COc1c(O)cc2c(O)c1/C=C(/C)C[C@H](OC)[C@H](OC(=O)CN)[C@@H](C)/C=C(\C)[C@H](OC(N)=O)[C@@H](OC)/C=C\C=C(/C)C(=O)N2. The largest absolute Gasteiger partial charge is 0.505 e. The number of aromatic hydroxyl groups is 2. The number of nitrogens with two attached hydrogens (primary N) is 2. The molecule has 13 heteroatoms. The first-order chi connectivity index (χ1) is 20.8. The number of fused-ring (bicyclic) bond motifs is 2. The highest BCUT2D eigenvalue weighted by Crippen LogP contribution is 2.43. The lowest BCUT2D eigenvalue weighted by Gasteiger charge is -2.31. The van der Waals surface area contributed by atoms with Crippen molar-refractivity contribution < 1.29 is 48.3 Å². The number of primary amides is 1. The van der Waals surface area contributed by atoms with Crippen LogP contribution in [0.2, 0.25) is 0 Å². The van der Waals surface area contributed by atoms with Crippen LogP contribution in [0.1, 0.15) is 39.7 Å². The number of esters is 1. The van der Waals surface area contributed by atoms with Crippen molar-refractivity contribution in [3.05, 3.63) is 52.7 Å². The second-order valence-corrected chi connectivity index (χ2v) is 10.4. The molecular weight excluding hydrogens is 574 g/mol. The first-order valence-corrected chi connectivity index (χ1v) is 13.8. The van der Waals surface area contributed by atoms with E-state index in [-0.39, 0.29) is 47.0 Å². The van der Waals surface area contributed by atoms with E-state index in [9.17, 15) is 24.6 Å². The van der Waals surface area contributed by atoms with Gasteiger partial charge in [0.25, 0.3) is 5.91 Å². The lowest BCUT2D eigenvalue weighted by atomic mass is 9.91. The van der Waals surface area contributed by atoms with Gasteiger partial charge in [-0.3, -0.25) is 9.59 Å². The average Bonchev–Trinajstić information content (AvgIpc) is 2.97. The lowest BCUT2D eigenvalue weighted by molar-refractivity contribution is -0.157. The Morgan fingerprint density at radius 3 is 2.34 bits per heavy atom. The van der Waals surface area contributed by atoms with E-state index in [2.05, 4.69) is 5.32 Å². The smallest absolute Gasteiger partial charge is 0.405 e. The van der Waals surface area contributed by atoms with Crippen LogP contribution in [-0.4, -0.2) is 80.5 Å². The van der Waals surface area contributed by atoms with E-state index in [0.717, 1.165) is 0 Å². The van der Waals surface area contributed by atoms with Crippen molar-refractivity contribution in [3.63, 3.8) is 0 Å². The van der Waals surface area contributed by atoms with Crippen LogP contribution in [0.3, 0.4) is 0 Å². The monoisotopic (exact) mass is 617 g/mol. The molecule has 0 spiro atoms. The number of methoxy groups -OCH3 is 3. The van der Waals surface area contributed by atoms with E-state index in [0.29, 0.717) is 11.1 Å². The summed E-state index contributed by atoms with van der Waals surface area (Å²) in [5, 5.41) is 24.4. The third-order valence-corrected chi connectivity index (χ3v) is 7.05. The lowest BCUT2D eigenvalue weighted by Crippen LogP contribution is -2.40. The van der Waals surface area contributed by atoms with Gasteiger partial charge in [-0.05, 0) is 38.8 Å². The molecule has 242 valence electrons. The highest BCUT2D eigenvalue weighted by Gasteiger charge is 2.32. The summed E-state index contributed by atoms with van der Waals surface area (Å²) < 4.78 is 27.8. The summed E-state index contributed by atoms with van der Waals surface area (Å²) in [6.45, 7) is 6.44. The number of benzene rings is 1. The summed E-state index contributed by atoms with van der Waals surface area (Å²) in [6.07, 6.45) is 3.75. The van der Waals surface area contributed by atoms with E-state index in [1.165, 1.54) is 33.5 Å². The number of amides is 2. The summed E-state index contributed by atoms with van der Waals surface area (Å²) in [5.74, 6) is -2.39. The van der Waals surface area contributed by atoms with Crippen LogP contribution in [-0.2, 0) is 28.5 Å². The van der Waals surface area contributed by atoms with Crippen LogP contribution < -0.4 is 21.5 Å². The zero-order valence-corrected chi connectivity index (χ0v) is 26.1. The van der Waals surface area contributed by atoms with Gasteiger partial charge in [-0.25, -0.2) is 4.79 Å². The summed E-state index contributed by atoms with van der Waals surface area (Å²) in [7, 11) is 4.21. The molecule has 0 fully saturated rings. The normalized spacial score (nSPS) is 27.8. The molecule has 0 saturated heterocycles. The summed E-state index contributed by atoms with van der Waals surface area (Å²) in [4.78, 5) is 37.2. The number of anilines is 1. The van der Waals surface area contributed by atoms with Crippen molar-refractivity contribution in [1.29, 1.82) is 0 Å². The van der Waals surface area contributed by atoms with Gasteiger partial charge in [0.15, 0.2) is 17.6 Å². The maximum absolute atomic E-state index is 13.0. The molecule has 0 saturated carbocycles. The highest BCUT2D eigenvalue weighted by molar-refractivity contribution is 6.05. The maximum atomic E-state index is 13.0. The van der Waals surface area contributed by atoms with Gasteiger partial charge in [-0.2, -0.15) is 0 Å². The quantitative estimate of drug-likeness (QED) is 0.136. The van der Waals surface area contributed by atoms with Gasteiger partial charge in [0, 0.05) is 31.8 Å². The number of phenols is 2. The van der Waals surface area contributed by atoms with Crippen LogP contribution >= 0.6 is 0 Å². The van der Waals surface area contributed by atoms with Gasteiger partial charge >= 0.3 is 12.1 Å². The van der Waals surface area contributed by atoms with E-state index in [4.69, 9.17) is 35.2 Å². The molecular formula is C31H43N3O10. The van der Waals surface area contributed by atoms with Crippen LogP contribution in [0.25, 0.3) is 6.08 Å². The molecule has 1 heterocycles. The molecule has 0 unspecified atom stereocenters. The van der Waals surface area contributed by atoms with Crippen molar-refractivity contribution in [1.82, 2.24) is 0 Å². The Balaban J connectivity index is 2.82. The third-order valence-electron chi connectivity index (χ3n) is 7.05. The molecule has 5 atom stereocenters. The number of carbonyl (C=O) groups is 3. The minimum Gasteiger partial charge on any atom is -0.505 e. The molecule has 1 aromatic rings. The Hall–Kier alpha value is -4.33. The predicted molar refractivity (Wildman–Crippen MR) is 164 cm³/mol. The van der Waals surface area contributed by atoms with Crippen molar-refractivity contribution in [2.45, 2.75) is 58.5 Å². The van der Waals surface area contributed by atoms with Gasteiger partial charge < -0.3 is 50.7 Å². The fourth-order valence-electron chi connectivity index (χ4n) is 4.84. The molecule has 2 rings (SSSR count). The number of allylic oxidation sites excluding steroid dienone is 2. The first-order valence-electron chi connectivity index (χ1n) is 13.8. The number of hydrogen-bond donors (Lipinski definition) is 5. The fourth-order valence-corrected chi connectivity index (χ4v) is 4.84. The van der Waals surface area contributed by atoms with E-state index in [1.54, 1.807) is 52.0 Å². The predicted octanol–water partition coefficient (Wildman–Crippen LogP) is 3.30. The van der Waals surface area contributed by atoms with E-state index in [1.807, 2.05) is 0 Å². The maximum Gasteiger partial charge on any atom is 0.405 e. The highest BCUT2D eigenvalue weighted by atomic mass is 16.6. The number of rotatable bonds is 6. The molecule has 1 aliphatic heterocycles. The molecule has 13 nitrogen and oxygen atoms in total. The summed E-state index contributed by atoms with van der Waals surface area (Å²) >= 11 is 0. The van der Waals surface area contributed by atoms with Gasteiger partial charge in [0.05, 0.1) is 31.0 Å². The topological polar surface area (TPSA) is 202 Å². The molecule has 0 radical (unpaired) electrons. The number of ether oxygens (including phenoxy) is 5. The first kappa shape index (κ1) is 35.9. The van der Waals surface area contributed by atoms with E-state index >= 15 is 0 Å². The number of phenolic OH excluding ortho intramolecular Hbond substituents is 2. The Morgan fingerprint density at radius 1 is 1.09 bits per heavy atom. The Morgan fingerprint density at radius 2 is 1.77 bits per heavy atom. The molecule has 1 aliphatic rings. The second-order valence-electron chi connectivity index (χ2n) is 10.4. The van der Waals surface area contributed by atoms with Crippen LogP contribution in [0, 0.1) is 5.92 Å². The minimum atomic E-state index is -1.03. The van der Waals surface area contributed by atoms with Crippen LogP contribution in [0.4, 0.5) is 10.5 Å². The Kier molecular flexibility index (Phi) is 13.4. The summed E-state index contributed by atoms with van der Waals surface area (Å²) in [5.41, 5.74) is 12.4. The minimum absolute atomic E-state index is 0.0148. The Bertz CT molecular complexity index is 1330. The third kappa shape index (κ3) is 9.33. The molecule has 2 amide bonds. The van der Waals surface area contributed by atoms with Crippen molar-refractivity contribution >= 4 is 29.7 Å². The van der Waals surface area contributed by atoms with Gasteiger partial charge in [0.1, 0.15) is 18.0 Å². The standard InChI is InChI=1S/C31H43N3O10/c1-16-11-20-26(37)21(14-22(35)29(20)42-7)34-30(38)17(2)9-8-10-23(40-5)27(44-31(33)39)18(3)13-19(4)28(24(12-16)41-6)43-25(36)15-32/h8-11,13-14,19,23-24,27-28,35,37H,12,15,32H2,1-7H3,(H2,33,39)(H,34,38)/b10-8-,16-11-,17-9+,18-13+/t19-,23-,24-,27-,28+/m0/s1. The van der Waals surface area contributed by atoms with E-state index < -0.39 is 48.3 Å². The number of carbonyl (C=O) groups excluding carboxylic acids is 3. The molecule has 44 heavy (non-hydrogen) atoms. The van der Waals surface area contributed by atoms with Crippen LogP contribution in [0.5, 0.6) is 17.2 Å². The molecule has 1 aromatic carbocycles. The molecule has 2 bridgehead atoms. The van der Waals surface area contributed by atoms with Gasteiger partial charge in [-0.1, -0.05) is 36.8 Å². The second kappa shape index (κ2) is 16.5. The number of hydrogen-bond acceptors (Lipinski definition) is 11. The molecule has 0 aliphatic carbocycles. The van der Waals surface area contributed by atoms with Gasteiger partial charge in [-0.15, -0.1) is 0 Å². The average molecular weight is 618 g/mol. The molecule has 0 aromatic heterocycles. The summed E-state index contributed by atoms with van der Waals surface area (Å²) in [6, 6.07) is 1.17. The Labute approximate surface area is 257 Å². The van der Waals surface area contributed by atoms with Crippen LogP contribution in [0.15, 0.2) is 47.1 Å². The fraction of sp³-hybridized carbons (Fsp3) is 0.452. The number of nitrogens with one attached hydrogen (secondary N) is 1. The van der Waals surface area contributed by atoms with Crippen molar-refractivity contribution in [3.8, 4) is 17.2 Å². The zero-order valence-electron chi connectivity index (χ0n) is 26.1. The van der Waals surface area contributed by atoms with Gasteiger partial charge in [0.2, 0.25) is 0 Å².